The topological polar surface area (TPSA) is 51.2 Å². The van der Waals surface area contributed by atoms with Gasteiger partial charge in [0.1, 0.15) is 0 Å². The molecule has 1 aromatic rings. The monoisotopic (exact) mass is 236 g/mol. The summed E-state index contributed by atoms with van der Waals surface area (Å²) in [6, 6.07) is 3.50. The van der Waals surface area contributed by atoms with E-state index in [0.29, 0.717) is 18.7 Å². The van der Waals surface area contributed by atoms with Gasteiger partial charge in [-0.1, -0.05) is 13.3 Å². The first-order chi connectivity index (χ1) is 8.34. The van der Waals surface area contributed by atoms with Crippen LogP contribution in [-0.2, 0) is 4.74 Å². The Morgan fingerprint density at radius 2 is 2.24 bits per heavy atom. The van der Waals surface area contributed by atoms with E-state index in [1.165, 1.54) is 0 Å². The highest BCUT2D eigenvalue weighted by Gasteiger charge is 2.02. The summed E-state index contributed by atoms with van der Waals surface area (Å²) in [5.74, 6) is -0.0772. The van der Waals surface area contributed by atoms with E-state index in [9.17, 15) is 4.79 Å². The van der Waals surface area contributed by atoms with Gasteiger partial charge in [-0.3, -0.25) is 9.78 Å². The van der Waals surface area contributed by atoms with E-state index < -0.39 is 0 Å². The number of ether oxygens (including phenoxy) is 1. The number of rotatable bonds is 8. The molecule has 4 nitrogen and oxygen atoms in total. The van der Waals surface area contributed by atoms with Crippen molar-refractivity contribution in [3.63, 3.8) is 0 Å². The molecule has 0 saturated heterocycles. The Balaban J connectivity index is 2.05. The largest absolute Gasteiger partial charge is 0.381 e. The zero-order chi connectivity index (χ0) is 12.3. The smallest absolute Gasteiger partial charge is 0.252 e. The van der Waals surface area contributed by atoms with Crippen molar-refractivity contribution in [3.05, 3.63) is 30.1 Å². The molecule has 1 amide bonds. The normalized spacial score (nSPS) is 10.2. The molecule has 0 bridgehead atoms. The van der Waals surface area contributed by atoms with Crippen molar-refractivity contribution in [1.82, 2.24) is 10.3 Å². The number of amides is 1. The van der Waals surface area contributed by atoms with Crippen molar-refractivity contribution >= 4 is 5.91 Å². The minimum Gasteiger partial charge on any atom is -0.381 e. The Hall–Kier alpha value is -1.42. The number of unbranched alkanes of at least 4 members (excludes halogenated alkanes) is 1. The third kappa shape index (κ3) is 6.02. The van der Waals surface area contributed by atoms with Gasteiger partial charge in [0.25, 0.3) is 5.91 Å². The molecule has 0 aliphatic heterocycles. The van der Waals surface area contributed by atoms with Crippen molar-refractivity contribution in [2.75, 3.05) is 19.8 Å². The Bertz CT molecular complexity index is 314. The number of pyridine rings is 1. The quantitative estimate of drug-likeness (QED) is 0.702. The van der Waals surface area contributed by atoms with Crippen molar-refractivity contribution in [2.24, 2.45) is 0 Å². The molecule has 0 radical (unpaired) electrons. The van der Waals surface area contributed by atoms with Crippen LogP contribution >= 0.6 is 0 Å². The fraction of sp³-hybridized carbons (Fsp3) is 0.538. The van der Waals surface area contributed by atoms with Gasteiger partial charge in [-0.15, -0.1) is 0 Å². The maximum atomic E-state index is 11.6. The summed E-state index contributed by atoms with van der Waals surface area (Å²) in [7, 11) is 0. The summed E-state index contributed by atoms with van der Waals surface area (Å²) in [6.45, 7) is 4.29. The third-order valence-electron chi connectivity index (χ3n) is 2.32. The van der Waals surface area contributed by atoms with E-state index in [0.717, 1.165) is 25.9 Å². The summed E-state index contributed by atoms with van der Waals surface area (Å²) in [6.07, 6.45) is 6.31. The highest BCUT2D eigenvalue weighted by atomic mass is 16.5. The first-order valence-corrected chi connectivity index (χ1v) is 6.10. The zero-order valence-electron chi connectivity index (χ0n) is 10.3. The SMILES string of the molecule is CCCCOCCCNC(=O)c1cccnc1. The molecular formula is C13H20N2O2. The fourth-order valence-corrected chi connectivity index (χ4v) is 1.32. The molecule has 1 aromatic heterocycles. The second kappa shape index (κ2) is 8.70. The van der Waals surface area contributed by atoms with Crippen LogP contribution in [0.1, 0.15) is 36.5 Å². The van der Waals surface area contributed by atoms with Crippen LogP contribution in [0.5, 0.6) is 0 Å². The van der Waals surface area contributed by atoms with Crippen molar-refractivity contribution in [3.8, 4) is 0 Å². The number of carbonyl (C=O) groups is 1. The highest BCUT2D eigenvalue weighted by Crippen LogP contribution is 1.95. The summed E-state index contributed by atoms with van der Waals surface area (Å²) < 4.78 is 5.40. The number of nitrogens with zero attached hydrogens (tertiary/aromatic N) is 1. The number of carbonyl (C=O) groups excluding carboxylic acids is 1. The Kier molecular flexibility index (Phi) is 6.98. The van der Waals surface area contributed by atoms with Gasteiger partial charge in [0.05, 0.1) is 5.56 Å². The first kappa shape index (κ1) is 13.6. The first-order valence-electron chi connectivity index (χ1n) is 6.10. The van der Waals surface area contributed by atoms with Crippen LogP contribution in [0, 0.1) is 0 Å². The summed E-state index contributed by atoms with van der Waals surface area (Å²) in [5.41, 5.74) is 0.597. The lowest BCUT2D eigenvalue weighted by molar-refractivity contribution is 0.0940. The molecule has 0 spiro atoms. The van der Waals surface area contributed by atoms with Crippen molar-refractivity contribution in [2.45, 2.75) is 26.2 Å². The van der Waals surface area contributed by atoms with Gasteiger partial charge in [0, 0.05) is 32.2 Å². The molecule has 0 aromatic carbocycles. The van der Waals surface area contributed by atoms with Gasteiger partial charge >= 0.3 is 0 Å². The minimum atomic E-state index is -0.0772. The van der Waals surface area contributed by atoms with Crippen LogP contribution in [0.2, 0.25) is 0 Å². The Morgan fingerprint density at radius 3 is 2.94 bits per heavy atom. The Morgan fingerprint density at radius 1 is 1.41 bits per heavy atom. The fourth-order valence-electron chi connectivity index (χ4n) is 1.32. The average molecular weight is 236 g/mol. The third-order valence-corrected chi connectivity index (χ3v) is 2.32. The van der Waals surface area contributed by atoms with E-state index in [4.69, 9.17) is 4.74 Å². The van der Waals surface area contributed by atoms with Crippen molar-refractivity contribution in [1.29, 1.82) is 0 Å². The number of nitrogens with one attached hydrogen (secondary N) is 1. The predicted molar refractivity (Wildman–Crippen MR) is 66.9 cm³/mol. The molecule has 0 fully saturated rings. The van der Waals surface area contributed by atoms with Crippen LogP contribution < -0.4 is 5.32 Å². The highest BCUT2D eigenvalue weighted by molar-refractivity contribution is 5.93. The molecule has 94 valence electrons. The standard InChI is InChI=1S/C13H20N2O2/c1-2-3-9-17-10-5-8-15-13(16)12-6-4-7-14-11-12/h4,6-7,11H,2-3,5,8-10H2,1H3,(H,15,16). The molecular weight excluding hydrogens is 216 g/mol. The summed E-state index contributed by atoms with van der Waals surface area (Å²) in [5, 5.41) is 2.83. The molecule has 0 aliphatic carbocycles. The molecule has 17 heavy (non-hydrogen) atoms. The second-order valence-corrected chi connectivity index (χ2v) is 3.82. The second-order valence-electron chi connectivity index (χ2n) is 3.82. The van der Waals surface area contributed by atoms with E-state index >= 15 is 0 Å². The number of hydrogen-bond donors (Lipinski definition) is 1. The van der Waals surface area contributed by atoms with Crippen LogP contribution in [-0.4, -0.2) is 30.6 Å². The Labute approximate surface area is 102 Å². The maximum absolute atomic E-state index is 11.6. The lowest BCUT2D eigenvalue weighted by Crippen LogP contribution is -2.25. The summed E-state index contributed by atoms with van der Waals surface area (Å²) >= 11 is 0. The lowest BCUT2D eigenvalue weighted by atomic mass is 10.2. The van der Waals surface area contributed by atoms with Gasteiger partial charge in [-0.05, 0) is 25.0 Å². The molecule has 1 rings (SSSR count). The van der Waals surface area contributed by atoms with E-state index in [-0.39, 0.29) is 5.91 Å². The zero-order valence-corrected chi connectivity index (χ0v) is 10.3. The summed E-state index contributed by atoms with van der Waals surface area (Å²) in [4.78, 5) is 15.5. The van der Waals surface area contributed by atoms with Gasteiger partial charge in [0.2, 0.25) is 0 Å². The predicted octanol–water partition coefficient (Wildman–Crippen LogP) is 2.02. The number of aromatic nitrogens is 1. The van der Waals surface area contributed by atoms with Gasteiger partial charge in [-0.25, -0.2) is 0 Å². The molecule has 1 N–H and O–H groups in total. The molecule has 0 saturated carbocycles. The molecule has 0 unspecified atom stereocenters. The van der Waals surface area contributed by atoms with E-state index in [2.05, 4.69) is 17.2 Å². The van der Waals surface area contributed by atoms with Crippen LogP contribution in [0.4, 0.5) is 0 Å². The van der Waals surface area contributed by atoms with Crippen LogP contribution in [0.3, 0.4) is 0 Å². The average Bonchev–Trinajstić information content (AvgIpc) is 2.38. The molecule has 0 atom stereocenters. The van der Waals surface area contributed by atoms with Gasteiger partial charge in [0.15, 0.2) is 0 Å². The van der Waals surface area contributed by atoms with Gasteiger partial charge in [-0.2, -0.15) is 0 Å². The van der Waals surface area contributed by atoms with Crippen LogP contribution in [0.25, 0.3) is 0 Å². The number of hydrogen-bond acceptors (Lipinski definition) is 3. The van der Waals surface area contributed by atoms with Crippen LogP contribution in [0.15, 0.2) is 24.5 Å². The van der Waals surface area contributed by atoms with E-state index in [1.54, 1.807) is 24.5 Å². The molecule has 1 heterocycles. The molecule has 4 heteroatoms. The minimum absolute atomic E-state index is 0.0772. The van der Waals surface area contributed by atoms with E-state index in [1.807, 2.05) is 0 Å². The lowest BCUT2D eigenvalue weighted by Gasteiger charge is -2.05. The molecule has 0 aliphatic rings. The van der Waals surface area contributed by atoms with Gasteiger partial charge < -0.3 is 10.1 Å². The maximum Gasteiger partial charge on any atom is 0.252 e. The van der Waals surface area contributed by atoms with Crippen molar-refractivity contribution < 1.29 is 9.53 Å².